The number of aliphatic carboxylic acids is 2. The third kappa shape index (κ3) is 5.19. The summed E-state index contributed by atoms with van der Waals surface area (Å²) >= 11 is 0. The van der Waals surface area contributed by atoms with Gasteiger partial charge in [-0.25, -0.2) is 4.79 Å². The first-order valence-corrected chi connectivity index (χ1v) is 7.96. The summed E-state index contributed by atoms with van der Waals surface area (Å²) in [4.78, 5) is 47.7. The highest BCUT2D eigenvalue weighted by molar-refractivity contribution is 5.91. The molecule has 1 fully saturated rings. The van der Waals surface area contributed by atoms with Gasteiger partial charge in [0.1, 0.15) is 18.1 Å². The maximum atomic E-state index is 12.6. The molecule has 0 bridgehead atoms. The molecule has 2 amide bonds. The smallest absolute Gasteiger partial charge is 0.326 e. The highest BCUT2D eigenvalue weighted by Gasteiger charge is 2.38. The van der Waals surface area contributed by atoms with Gasteiger partial charge in [-0.3, -0.25) is 14.4 Å². The number of carboxylic acids is 2. The van der Waals surface area contributed by atoms with Crippen LogP contribution in [0.4, 0.5) is 0 Å². The molecule has 136 valence electrons. The van der Waals surface area contributed by atoms with Crippen LogP contribution in [0.5, 0.6) is 0 Å². The van der Waals surface area contributed by atoms with Gasteiger partial charge in [0.05, 0.1) is 0 Å². The van der Waals surface area contributed by atoms with Gasteiger partial charge >= 0.3 is 11.9 Å². The lowest BCUT2D eigenvalue weighted by atomic mass is 10.0. The predicted molar refractivity (Wildman–Crippen MR) is 84.0 cm³/mol. The summed E-state index contributed by atoms with van der Waals surface area (Å²) < 4.78 is 0. The maximum Gasteiger partial charge on any atom is 0.326 e. The van der Waals surface area contributed by atoms with Crippen LogP contribution >= 0.6 is 0 Å². The molecule has 9 heteroatoms. The van der Waals surface area contributed by atoms with Crippen LogP contribution in [0.2, 0.25) is 0 Å². The van der Waals surface area contributed by atoms with E-state index in [4.69, 9.17) is 10.8 Å². The van der Waals surface area contributed by atoms with Crippen molar-refractivity contribution < 1.29 is 29.4 Å². The van der Waals surface area contributed by atoms with E-state index in [0.717, 1.165) is 0 Å². The van der Waals surface area contributed by atoms with Crippen molar-refractivity contribution in [3.63, 3.8) is 0 Å². The second kappa shape index (κ2) is 8.62. The number of likely N-dealkylation sites (tertiary alicyclic amines) is 1. The van der Waals surface area contributed by atoms with Crippen LogP contribution in [0.15, 0.2) is 0 Å². The zero-order chi connectivity index (χ0) is 18.4. The zero-order valence-electron chi connectivity index (χ0n) is 13.9. The van der Waals surface area contributed by atoms with E-state index < -0.39 is 41.9 Å². The Morgan fingerprint density at radius 3 is 2.38 bits per heavy atom. The van der Waals surface area contributed by atoms with E-state index in [1.54, 1.807) is 13.8 Å². The summed E-state index contributed by atoms with van der Waals surface area (Å²) in [6, 6.07) is -2.85. The SMILES string of the molecule is CC(C)[C@H](NC(=O)CC[C@H](N)C(=O)O)C(=O)N1CCC[C@H]1C(=O)O. The molecule has 0 aromatic heterocycles. The van der Waals surface area contributed by atoms with Gasteiger partial charge in [-0.05, 0) is 25.2 Å². The number of carbonyl (C=O) groups excluding carboxylic acids is 2. The summed E-state index contributed by atoms with van der Waals surface area (Å²) in [6.07, 6.45) is 0.843. The van der Waals surface area contributed by atoms with E-state index in [9.17, 15) is 24.3 Å². The Morgan fingerprint density at radius 1 is 1.25 bits per heavy atom. The molecule has 1 aliphatic heterocycles. The van der Waals surface area contributed by atoms with Crippen LogP contribution < -0.4 is 11.1 Å². The number of rotatable bonds is 8. The molecule has 0 spiro atoms. The Balaban J connectivity index is 2.69. The molecule has 0 unspecified atom stereocenters. The van der Waals surface area contributed by atoms with Crippen LogP contribution in [0, 0.1) is 5.92 Å². The van der Waals surface area contributed by atoms with Gasteiger partial charge in [-0.1, -0.05) is 13.8 Å². The molecule has 0 aromatic carbocycles. The van der Waals surface area contributed by atoms with Crippen molar-refractivity contribution in [1.82, 2.24) is 10.2 Å². The van der Waals surface area contributed by atoms with Crippen molar-refractivity contribution in [2.75, 3.05) is 6.54 Å². The van der Waals surface area contributed by atoms with E-state index in [0.29, 0.717) is 19.4 Å². The minimum Gasteiger partial charge on any atom is -0.480 e. The lowest BCUT2D eigenvalue weighted by Gasteiger charge is -2.29. The summed E-state index contributed by atoms with van der Waals surface area (Å²) in [6.45, 7) is 3.84. The average Bonchev–Trinajstić information content (AvgIpc) is 2.98. The number of carbonyl (C=O) groups is 4. The van der Waals surface area contributed by atoms with Gasteiger partial charge < -0.3 is 26.2 Å². The number of hydrogen-bond donors (Lipinski definition) is 4. The molecule has 3 atom stereocenters. The molecule has 0 radical (unpaired) electrons. The van der Waals surface area contributed by atoms with E-state index in [-0.39, 0.29) is 18.8 Å². The lowest BCUT2D eigenvalue weighted by Crippen LogP contribution is -2.53. The largest absolute Gasteiger partial charge is 0.480 e. The summed E-state index contributed by atoms with van der Waals surface area (Å²) in [7, 11) is 0. The quantitative estimate of drug-likeness (QED) is 0.459. The number of hydrogen-bond acceptors (Lipinski definition) is 5. The minimum atomic E-state index is -1.19. The van der Waals surface area contributed by atoms with Gasteiger partial charge in [0.15, 0.2) is 0 Å². The van der Waals surface area contributed by atoms with Crippen molar-refractivity contribution in [1.29, 1.82) is 0 Å². The maximum absolute atomic E-state index is 12.6. The Bertz CT molecular complexity index is 507. The normalized spacial score (nSPS) is 19.8. The minimum absolute atomic E-state index is 0.0400. The highest BCUT2D eigenvalue weighted by atomic mass is 16.4. The zero-order valence-corrected chi connectivity index (χ0v) is 13.9. The summed E-state index contributed by atoms with van der Waals surface area (Å²) in [5, 5.41) is 20.5. The number of amides is 2. The molecular formula is C15H25N3O6. The third-order valence-corrected chi connectivity index (χ3v) is 4.07. The molecule has 0 aliphatic carbocycles. The van der Waals surface area contributed by atoms with Crippen LogP contribution in [0.25, 0.3) is 0 Å². The van der Waals surface area contributed by atoms with Crippen LogP contribution in [-0.4, -0.2) is 63.5 Å². The average molecular weight is 343 g/mol. The van der Waals surface area contributed by atoms with Crippen LogP contribution in [0.3, 0.4) is 0 Å². The molecular weight excluding hydrogens is 318 g/mol. The first-order chi connectivity index (χ1) is 11.1. The molecule has 5 N–H and O–H groups in total. The molecule has 1 saturated heterocycles. The van der Waals surface area contributed by atoms with Crippen molar-refractivity contribution in [2.45, 2.75) is 57.7 Å². The monoisotopic (exact) mass is 343 g/mol. The molecule has 0 saturated carbocycles. The second-order valence-electron chi connectivity index (χ2n) is 6.30. The Labute approximate surface area is 140 Å². The number of nitrogens with two attached hydrogens (primary N) is 1. The van der Waals surface area contributed by atoms with Crippen molar-refractivity contribution in [2.24, 2.45) is 11.7 Å². The fourth-order valence-corrected chi connectivity index (χ4v) is 2.64. The fraction of sp³-hybridized carbons (Fsp3) is 0.733. The molecule has 24 heavy (non-hydrogen) atoms. The molecule has 1 aliphatic rings. The highest BCUT2D eigenvalue weighted by Crippen LogP contribution is 2.20. The first kappa shape index (κ1) is 19.9. The van der Waals surface area contributed by atoms with Gasteiger partial charge in [-0.2, -0.15) is 0 Å². The van der Waals surface area contributed by atoms with E-state index in [2.05, 4.69) is 5.32 Å². The van der Waals surface area contributed by atoms with E-state index in [1.807, 2.05) is 0 Å². The van der Waals surface area contributed by atoms with Crippen molar-refractivity contribution >= 4 is 23.8 Å². The number of nitrogens with zero attached hydrogens (tertiary/aromatic N) is 1. The lowest BCUT2D eigenvalue weighted by molar-refractivity contribution is -0.149. The van der Waals surface area contributed by atoms with Crippen LogP contribution in [-0.2, 0) is 19.2 Å². The fourth-order valence-electron chi connectivity index (χ4n) is 2.64. The Morgan fingerprint density at radius 2 is 1.88 bits per heavy atom. The molecule has 1 rings (SSSR count). The number of nitrogens with one attached hydrogen (secondary N) is 1. The topological polar surface area (TPSA) is 150 Å². The van der Waals surface area contributed by atoms with Gasteiger partial charge in [0, 0.05) is 13.0 Å². The summed E-state index contributed by atoms with van der Waals surface area (Å²) in [5.74, 6) is -3.39. The Kier molecular flexibility index (Phi) is 7.15. The summed E-state index contributed by atoms with van der Waals surface area (Å²) in [5.41, 5.74) is 5.35. The predicted octanol–water partition coefficient (Wildman–Crippen LogP) is -0.605. The van der Waals surface area contributed by atoms with E-state index >= 15 is 0 Å². The van der Waals surface area contributed by atoms with Crippen molar-refractivity contribution in [3.05, 3.63) is 0 Å². The molecule has 0 aromatic rings. The molecule has 1 heterocycles. The Hall–Kier alpha value is -2.16. The third-order valence-electron chi connectivity index (χ3n) is 4.07. The van der Waals surface area contributed by atoms with Gasteiger partial charge in [-0.15, -0.1) is 0 Å². The standard InChI is InChI=1S/C15H25N3O6/c1-8(2)12(17-11(19)6-5-9(16)14(21)22)13(20)18-7-3-4-10(18)15(23)24/h8-10,12H,3-7,16H2,1-2H3,(H,17,19)(H,21,22)(H,23,24)/t9-,10-,12-/m0/s1. The second-order valence-corrected chi connectivity index (χ2v) is 6.30. The van der Waals surface area contributed by atoms with Gasteiger partial charge in [0.25, 0.3) is 0 Å². The number of carboxylic acid groups (broad SMARTS) is 2. The molecule has 9 nitrogen and oxygen atoms in total. The van der Waals surface area contributed by atoms with Gasteiger partial charge in [0.2, 0.25) is 11.8 Å². The first-order valence-electron chi connectivity index (χ1n) is 7.96. The van der Waals surface area contributed by atoms with Crippen molar-refractivity contribution in [3.8, 4) is 0 Å². The van der Waals surface area contributed by atoms with E-state index in [1.165, 1.54) is 4.90 Å². The van der Waals surface area contributed by atoms with Crippen LogP contribution in [0.1, 0.15) is 39.5 Å².